The van der Waals surface area contributed by atoms with Gasteiger partial charge in [0.15, 0.2) is 0 Å². The summed E-state index contributed by atoms with van der Waals surface area (Å²) in [5.74, 6) is 0. The predicted octanol–water partition coefficient (Wildman–Crippen LogP) is 2.11. The molecule has 0 amide bonds. The van der Waals surface area contributed by atoms with Gasteiger partial charge in [-0.1, -0.05) is 24.3 Å². The molecular formula is C11H12O2. The maximum atomic E-state index is 10.4. The first-order valence-corrected chi connectivity index (χ1v) is 4.12. The summed E-state index contributed by atoms with van der Waals surface area (Å²) in [6.45, 7) is 3.54. The molecular weight excluding hydrogens is 164 g/mol. The van der Waals surface area contributed by atoms with Crippen LogP contribution in [0.4, 0.5) is 0 Å². The number of aliphatic hydroxyl groups excluding tert-OH is 1. The van der Waals surface area contributed by atoms with Crippen LogP contribution in [0.25, 0.3) is 0 Å². The molecule has 0 saturated heterocycles. The van der Waals surface area contributed by atoms with E-state index in [0.717, 1.165) is 11.8 Å². The van der Waals surface area contributed by atoms with Crippen molar-refractivity contribution in [3.8, 4) is 0 Å². The first-order valence-electron chi connectivity index (χ1n) is 4.12. The lowest BCUT2D eigenvalue weighted by Crippen LogP contribution is -1.96. The molecule has 0 aromatic heterocycles. The van der Waals surface area contributed by atoms with Gasteiger partial charge < -0.3 is 5.11 Å². The highest BCUT2D eigenvalue weighted by Crippen LogP contribution is 2.17. The van der Waals surface area contributed by atoms with E-state index in [9.17, 15) is 9.90 Å². The van der Waals surface area contributed by atoms with Crippen molar-refractivity contribution >= 4 is 6.29 Å². The summed E-state index contributed by atoms with van der Waals surface area (Å²) < 4.78 is 0. The van der Waals surface area contributed by atoms with Gasteiger partial charge in [0, 0.05) is 5.56 Å². The van der Waals surface area contributed by atoms with E-state index in [2.05, 4.69) is 6.58 Å². The van der Waals surface area contributed by atoms with Crippen LogP contribution in [0.15, 0.2) is 36.9 Å². The highest BCUT2D eigenvalue weighted by atomic mass is 16.3. The smallest absolute Gasteiger partial charge is 0.150 e. The van der Waals surface area contributed by atoms with Crippen LogP contribution in [0.1, 0.15) is 28.4 Å². The molecule has 0 aliphatic rings. The molecule has 0 spiro atoms. The molecule has 68 valence electrons. The molecule has 1 aromatic rings. The summed E-state index contributed by atoms with van der Waals surface area (Å²) in [5.41, 5.74) is 1.34. The Labute approximate surface area is 77.5 Å². The molecule has 0 saturated carbocycles. The number of aliphatic hydroxyl groups is 1. The van der Waals surface area contributed by atoms with Gasteiger partial charge in [-0.05, 0) is 18.1 Å². The van der Waals surface area contributed by atoms with Gasteiger partial charge in [-0.3, -0.25) is 4.79 Å². The molecule has 0 radical (unpaired) electrons. The van der Waals surface area contributed by atoms with E-state index in [1.807, 2.05) is 0 Å². The quantitative estimate of drug-likeness (QED) is 0.563. The van der Waals surface area contributed by atoms with Gasteiger partial charge in [0.2, 0.25) is 0 Å². The number of benzene rings is 1. The maximum Gasteiger partial charge on any atom is 0.150 e. The number of carbonyl (C=O) groups is 1. The molecule has 0 aliphatic carbocycles. The molecule has 1 atom stereocenters. The third kappa shape index (κ3) is 2.53. The molecule has 0 bridgehead atoms. The number of carbonyl (C=O) groups excluding carboxylic acids is 1. The lowest BCUT2D eigenvalue weighted by Gasteiger charge is -2.07. The molecule has 1 unspecified atom stereocenters. The van der Waals surface area contributed by atoms with Crippen LogP contribution in [0.3, 0.4) is 0 Å². The second-order valence-corrected chi connectivity index (χ2v) is 2.83. The monoisotopic (exact) mass is 176 g/mol. The van der Waals surface area contributed by atoms with Crippen molar-refractivity contribution in [2.75, 3.05) is 0 Å². The van der Waals surface area contributed by atoms with Crippen molar-refractivity contribution in [1.29, 1.82) is 0 Å². The van der Waals surface area contributed by atoms with Gasteiger partial charge in [-0.15, -0.1) is 6.58 Å². The third-order valence-corrected chi connectivity index (χ3v) is 1.82. The fourth-order valence-electron chi connectivity index (χ4n) is 1.13. The minimum atomic E-state index is -0.558. The second kappa shape index (κ2) is 4.58. The molecule has 2 heteroatoms. The first kappa shape index (κ1) is 9.68. The summed E-state index contributed by atoms with van der Waals surface area (Å²) in [4.78, 5) is 10.4. The Morgan fingerprint density at radius 2 is 2.31 bits per heavy atom. The number of rotatable bonds is 4. The molecule has 0 fully saturated rings. The van der Waals surface area contributed by atoms with Crippen LogP contribution in [-0.4, -0.2) is 11.4 Å². The highest BCUT2D eigenvalue weighted by molar-refractivity contribution is 5.74. The fourth-order valence-corrected chi connectivity index (χ4v) is 1.13. The summed E-state index contributed by atoms with van der Waals surface area (Å²) in [6, 6.07) is 6.94. The van der Waals surface area contributed by atoms with Crippen molar-refractivity contribution in [3.05, 3.63) is 48.0 Å². The van der Waals surface area contributed by atoms with E-state index in [1.165, 1.54) is 0 Å². The van der Waals surface area contributed by atoms with Crippen LogP contribution in [-0.2, 0) is 0 Å². The molecule has 0 heterocycles. The van der Waals surface area contributed by atoms with Crippen LogP contribution in [0, 0.1) is 0 Å². The van der Waals surface area contributed by atoms with Gasteiger partial charge in [-0.2, -0.15) is 0 Å². The summed E-state index contributed by atoms with van der Waals surface area (Å²) >= 11 is 0. The van der Waals surface area contributed by atoms with Crippen molar-refractivity contribution in [2.24, 2.45) is 0 Å². The number of hydrogen-bond donors (Lipinski definition) is 1. The minimum Gasteiger partial charge on any atom is -0.388 e. The zero-order valence-corrected chi connectivity index (χ0v) is 7.31. The van der Waals surface area contributed by atoms with Gasteiger partial charge in [0.1, 0.15) is 6.29 Å². The first-order chi connectivity index (χ1) is 6.27. The molecule has 1 aromatic carbocycles. The van der Waals surface area contributed by atoms with Crippen LogP contribution in [0.2, 0.25) is 0 Å². The summed E-state index contributed by atoms with van der Waals surface area (Å²) in [6.07, 6.45) is 2.36. The van der Waals surface area contributed by atoms with Crippen molar-refractivity contribution in [3.63, 3.8) is 0 Å². The Morgan fingerprint density at radius 1 is 1.54 bits per heavy atom. The number of hydrogen-bond acceptors (Lipinski definition) is 2. The SMILES string of the molecule is C=CCC(O)c1cccc(C=O)c1. The second-order valence-electron chi connectivity index (χ2n) is 2.83. The Morgan fingerprint density at radius 3 is 2.92 bits per heavy atom. The molecule has 1 rings (SSSR count). The van der Waals surface area contributed by atoms with Gasteiger partial charge in [-0.25, -0.2) is 0 Å². The van der Waals surface area contributed by atoms with E-state index in [0.29, 0.717) is 12.0 Å². The topological polar surface area (TPSA) is 37.3 Å². The lowest BCUT2D eigenvalue weighted by atomic mass is 10.0. The molecule has 13 heavy (non-hydrogen) atoms. The van der Waals surface area contributed by atoms with E-state index in [1.54, 1.807) is 30.3 Å². The van der Waals surface area contributed by atoms with Crippen molar-refractivity contribution in [1.82, 2.24) is 0 Å². The van der Waals surface area contributed by atoms with Crippen molar-refractivity contribution < 1.29 is 9.90 Å². The van der Waals surface area contributed by atoms with Gasteiger partial charge in [0.25, 0.3) is 0 Å². The summed E-state index contributed by atoms with van der Waals surface area (Å²) in [7, 11) is 0. The molecule has 1 N–H and O–H groups in total. The standard InChI is InChI=1S/C11H12O2/c1-2-4-11(13)10-6-3-5-9(7-10)8-12/h2-3,5-8,11,13H,1,4H2. The Kier molecular flexibility index (Phi) is 3.41. The molecule has 0 aliphatic heterocycles. The van der Waals surface area contributed by atoms with E-state index < -0.39 is 6.10 Å². The van der Waals surface area contributed by atoms with Crippen LogP contribution < -0.4 is 0 Å². The maximum absolute atomic E-state index is 10.4. The fraction of sp³-hybridized carbons (Fsp3) is 0.182. The van der Waals surface area contributed by atoms with E-state index in [-0.39, 0.29) is 0 Å². The Bertz CT molecular complexity index is 305. The van der Waals surface area contributed by atoms with E-state index >= 15 is 0 Å². The molecule has 2 nitrogen and oxygen atoms in total. The Balaban J connectivity index is 2.87. The lowest BCUT2D eigenvalue weighted by molar-refractivity contribution is 0.112. The zero-order valence-electron chi connectivity index (χ0n) is 7.31. The average Bonchev–Trinajstić information content (AvgIpc) is 2.18. The minimum absolute atomic E-state index is 0.502. The van der Waals surface area contributed by atoms with Crippen LogP contribution >= 0.6 is 0 Å². The number of aldehydes is 1. The third-order valence-electron chi connectivity index (χ3n) is 1.82. The average molecular weight is 176 g/mol. The van der Waals surface area contributed by atoms with E-state index in [4.69, 9.17) is 0 Å². The zero-order chi connectivity index (χ0) is 9.68. The predicted molar refractivity (Wildman–Crippen MR) is 51.6 cm³/mol. The van der Waals surface area contributed by atoms with Gasteiger partial charge in [0.05, 0.1) is 6.10 Å². The van der Waals surface area contributed by atoms with Crippen molar-refractivity contribution in [2.45, 2.75) is 12.5 Å². The van der Waals surface area contributed by atoms with Crippen LogP contribution in [0.5, 0.6) is 0 Å². The van der Waals surface area contributed by atoms with Gasteiger partial charge >= 0.3 is 0 Å². The summed E-state index contributed by atoms with van der Waals surface area (Å²) in [5, 5.41) is 9.55. The largest absolute Gasteiger partial charge is 0.388 e. The highest BCUT2D eigenvalue weighted by Gasteiger charge is 2.04. The normalized spacial score (nSPS) is 12.1. The Hall–Kier alpha value is -1.41.